The number of hydrogen-bond acceptors (Lipinski definition) is 3. The van der Waals surface area contributed by atoms with Crippen molar-refractivity contribution in [1.29, 1.82) is 0 Å². The van der Waals surface area contributed by atoms with Gasteiger partial charge in [-0.15, -0.1) is 0 Å². The van der Waals surface area contributed by atoms with E-state index in [1.54, 1.807) is 42.5 Å². The fourth-order valence-corrected chi connectivity index (χ4v) is 2.41. The molecule has 2 aromatic rings. The number of benzene rings is 2. The summed E-state index contributed by atoms with van der Waals surface area (Å²) in [6.45, 7) is 1.43. The summed E-state index contributed by atoms with van der Waals surface area (Å²) < 4.78 is 0. The van der Waals surface area contributed by atoms with Crippen LogP contribution in [-0.2, 0) is 16.0 Å². The minimum absolute atomic E-state index is 0.0638. The minimum atomic E-state index is -0.251. The maximum absolute atomic E-state index is 12.3. The quantitative estimate of drug-likeness (QED) is 0.813. The summed E-state index contributed by atoms with van der Waals surface area (Å²) in [4.78, 5) is 34.6. The topological polar surface area (TPSA) is 87.3 Å². The highest BCUT2D eigenvalue weighted by Crippen LogP contribution is 2.24. The third-order valence-corrected chi connectivity index (χ3v) is 3.46. The summed E-state index contributed by atoms with van der Waals surface area (Å²) >= 11 is 0. The van der Waals surface area contributed by atoms with E-state index in [1.165, 1.54) is 6.92 Å². The molecule has 3 N–H and O–H groups in total. The Morgan fingerprint density at radius 3 is 2.30 bits per heavy atom. The molecular weight excluding hydrogens is 294 g/mol. The third kappa shape index (κ3) is 3.37. The van der Waals surface area contributed by atoms with Crippen LogP contribution in [0.25, 0.3) is 0 Å². The minimum Gasteiger partial charge on any atom is -0.326 e. The van der Waals surface area contributed by atoms with Gasteiger partial charge in [0.05, 0.1) is 6.42 Å². The van der Waals surface area contributed by atoms with Crippen LogP contribution in [0, 0.1) is 0 Å². The molecule has 0 atom stereocenters. The summed E-state index contributed by atoms with van der Waals surface area (Å²) in [5.74, 6) is -0.464. The zero-order valence-corrected chi connectivity index (χ0v) is 12.5. The SMILES string of the molecule is CC(=O)Nc1ccc(NC(=O)c2ccc3c(c2)CC(=O)N3)cc1. The summed E-state index contributed by atoms with van der Waals surface area (Å²) in [7, 11) is 0. The third-order valence-electron chi connectivity index (χ3n) is 3.46. The van der Waals surface area contributed by atoms with Gasteiger partial charge < -0.3 is 16.0 Å². The van der Waals surface area contributed by atoms with E-state index in [2.05, 4.69) is 16.0 Å². The van der Waals surface area contributed by atoms with Crippen LogP contribution in [-0.4, -0.2) is 17.7 Å². The molecule has 6 nitrogen and oxygen atoms in total. The standard InChI is InChI=1S/C17H15N3O3/c1-10(21)18-13-3-5-14(6-4-13)19-17(23)11-2-7-15-12(8-11)9-16(22)20-15/h2-8H,9H2,1H3,(H,18,21)(H,19,23)(H,20,22). The lowest BCUT2D eigenvalue weighted by Gasteiger charge is -2.08. The molecule has 6 heteroatoms. The largest absolute Gasteiger partial charge is 0.326 e. The number of fused-ring (bicyclic) bond motifs is 1. The number of rotatable bonds is 3. The molecule has 0 saturated carbocycles. The molecule has 0 fully saturated rings. The second kappa shape index (κ2) is 5.92. The Kier molecular flexibility index (Phi) is 3.80. The maximum Gasteiger partial charge on any atom is 0.255 e. The van der Waals surface area contributed by atoms with Gasteiger partial charge in [0.1, 0.15) is 0 Å². The molecule has 0 spiro atoms. The van der Waals surface area contributed by atoms with Crippen molar-refractivity contribution >= 4 is 34.8 Å². The molecule has 1 aliphatic heterocycles. The van der Waals surface area contributed by atoms with E-state index in [4.69, 9.17) is 0 Å². The van der Waals surface area contributed by atoms with Crippen LogP contribution in [0.2, 0.25) is 0 Å². The van der Waals surface area contributed by atoms with Crippen LogP contribution in [0.1, 0.15) is 22.8 Å². The molecule has 0 radical (unpaired) electrons. The molecule has 2 aromatic carbocycles. The van der Waals surface area contributed by atoms with Crippen molar-refractivity contribution < 1.29 is 14.4 Å². The molecule has 0 aliphatic carbocycles. The maximum atomic E-state index is 12.3. The first kappa shape index (κ1) is 14.8. The van der Waals surface area contributed by atoms with Gasteiger partial charge in [0, 0.05) is 29.5 Å². The number of carbonyl (C=O) groups is 3. The Morgan fingerprint density at radius 2 is 1.65 bits per heavy atom. The van der Waals surface area contributed by atoms with Gasteiger partial charge in [0.25, 0.3) is 5.91 Å². The van der Waals surface area contributed by atoms with Crippen LogP contribution in [0.4, 0.5) is 17.1 Å². The van der Waals surface area contributed by atoms with Crippen molar-refractivity contribution in [2.24, 2.45) is 0 Å². The van der Waals surface area contributed by atoms with E-state index in [1.807, 2.05) is 0 Å². The first-order chi connectivity index (χ1) is 11.0. The van der Waals surface area contributed by atoms with Crippen LogP contribution in [0.3, 0.4) is 0 Å². The molecule has 1 aliphatic rings. The highest BCUT2D eigenvalue weighted by molar-refractivity contribution is 6.06. The molecule has 3 amide bonds. The lowest BCUT2D eigenvalue weighted by atomic mass is 10.1. The van der Waals surface area contributed by atoms with Crippen molar-refractivity contribution in [2.75, 3.05) is 16.0 Å². The Hall–Kier alpha value is -3.15. The molecule has 23 heavy (non-hydrogen) atoms. The molecular formula is C17H15N3O3. The zero-order chi connectivity index (χ0) is 16.4. The first-order valence-electron chi connectivity index (χ1n) is 7.13. The fraction of sp³-hybridized carbons (Fsp3) is 0.118. The lowest BCUT2D eigenvalue weighted by Crippen LogP contribution is -2.12. The average Bonchev–Trinajstić information content (AvgIpc) is 2.87. The normalized spacial score (nSPS) is 12.3. The van der Waals surface area contributed by atoms with Crippen molar-refractivity contribution in [1.82, 2.24) is 0 Å². The van der Waals surface area contributed by atoms with E-state index in [0.717, 1.165) is 11.3 Å². The van der Waals surface area contributed by atoms with Crippen LogP contribution < -0.4 is 16.0 Å². The van der Waals surface area contributed by atoms with Crippen molar-refractivity contribution in [3.8, 4) is 0 Å². The molecule has 0 unspecified atom stereocenters. The summed E-state index contributed by atoms with van der Waals surface area (Å²) in [6.07, 6.45) is 0.294. The number of carbonyl (C=O) groups excluding carboxylic acids is 3. The fourth-order valence-electron chi connectivity index (χ4n) is 2.41. The summed E-state index contributed by atoms with van der Waals surface area (Å²) in [5.41, 5.74) is 3.36. The van der Waals surface area contributed by atoms with Gasteiger partial charge in [-0.1, -0.05) is 0 Å². The number of anilines is 3. The lowest BCUT2D eigenvalue weighted by molar-refractivity contribution is -0.115. The van der Waals surface area contributed by atoms with E-state index in [9.17, 15) is 14.4 Å². The monoisotopic (exact) mass is 309 g/mol. The Bertz CT molecular complexity index is 797. The molecule has 0 bridgehead atoms. The Morgan fingerprint density at radius 1 is 1.00 bits per heavy atom. The Labute approximate surface area is 132 Å². The second-order valence-corrected chi connectivity index (χ2v) is 5.31. The van der Waals surface area contributed by atoms with Crippen LogP contribution in [0.5, 0.6) is 0 Å². The number of amides is 3. The van der Waals surface area contributed by atoms with Gasteiger partial charge in [-0.25, -0.2) is 0 Å². The smallest absolute Gasteiger partial charge is 0.255 e. The summed E-state index contributed by atoms with van der Waals surface area (Å²) in [5, 5.41) is 8.17. The van der Waals surface area contributed by atoms with Gasteiger partial charge in [0.2, 0.25) is 11.8 Å². The van der Waals surface area contributed by atoms with E-state index >= 15 is 0 Å². The highest BCUT2D eigenvalue weighted by atomic mass is 16.2. The van der Waals surface area contributed by atoms with E-state index in [-0.39, 0.29) is 17.7 Å². The van der Waals surface area contributed by atoms with Crippen LogP contribution in [0.15, 0.2) is 42.5 Å². The van der Waals surface area contributed by atoms with Gasteiger partial charge in [-0.3, -0.25) is 14.4 Å². The van der Waals surface area contributed by atoms with Gasteiger partial charge in [-0.05, 0) is 48.0 Å². The average molecular weight is 309 g/mol. The molecule has 0 saturated heterocycles. The molecule has 116 valence electrons. The van der Waals surface area contributed by atoms with Gasteiger partial charge in [-0.2, -0.15) is 0 Å². The number of nitrogens with one attached hydrogen (secondary N) is 3. The highest BCUT2D eigenvalue weighted by Gasteiger charge is 2.19. The second-order valence-electron chi connectivity index (χ2n) is 5.31. The van der Waals surface area contributed by atoms with Crippen LogP contribution >= 0.6 is 0 Å². The zero-order valence-electron chi connectivity index (χ0n) is 12.5. The first-order valence-corrected chi connectivity index (χ1v) is 7.13. The van der Waals surface area contributed by atoms with E-state index < -0.39 is 0 Å². The van der Waals surface area contributed by atoms with E-state index in [0.29, 0.717) is 23.4 Å². The molecule has 0 aromatic heterocycles. The van der Waals surface area contributed by atoms with Gasteiger partial charge in [0.15, 0.2) is 0 Å². The summed E-state index contributed by atoms with van der Waals surface area (Å²) in [6, 6.07) is 12.0. The Balaban J connectivity index is 1.71. The van der Waals surface area contributed by atoms with Crippen molar-refractivity contribution in [3.63, 3.8) is 0 Å². The molecule has 1 heterocycles. The predicted molar refractivity (Wildman–Crippen MR) is 87.5 cm³/mol. The van der Waals surface area contributed by atoms with Gasteiger partial charge >= 0.3 is 0 Å². The van der Waals surface area contributed by atoms with Crippen molar-refractivity contribution in [3.05, 3.63) is 53.6 Å². The predicted octanol–water partition coefficient (Wildman–Crippen LogP) is 2.39. The number of hydrogen-bond donors (Lipinski definition) is 3. The molecule has 3 rings (SSSR count). The van der Waals surface area contributed by atoms with Crippen molar-refractivity contribution in [2.45, 2.75) is 13.3 Å².